The number of hydrogen-bond acceptors (Lipinski definition) is 7. The number of H-pyrrole nitrogens is 1. The summed E-state index contributed by atoms with van der Waals surface area (Å²) in [4.78, 5) is 17.3. The predicted octanol–water partition coefficient (Wildman–Crippen LogP) is 2.89. The second-order valence-corrected chi connectivity index (χ2v) is 5.96. The zero-order valence-electron chi connectivity index (χ0n) is 13.5. The smallest absolute Gasteiger partial charge is 0.183 e. The Morgan fingerprint density at radius 1 is 1.19 bits per heavy atom. The molecule has 0 spiro atoms. The van der Waals surface area contributed by atoms with Gasteiger partial charge in [-0.3, -0.25) is 5.10 Å². The van der Waals surface area contributed by atoms with Crippen molar-refractivity contribution >= 4 is 28.3 Å². The molecule has 9 heteroatoms. The zero-order chi connectivity index (χ0) is 18.3. The van der Waals surface area contributed by atoms with Crippen molar-refractivity contribution in [2.75, 3.05) is 5.73 Å². The number of aromatic amines is 1. The zero-order valence-corrected chi connectivity index (χ0v) is 14.3. The average Bonchev–Trinajstić information content (AvgIpc) is 3.10. The number of nitrogens with one attached hydrogen (secondary N) is 1. The van der Waals surface area contributed by atoms with Crippen molar-refractivity contribution in [3.8, 4) is 28.7 Å². The van der Waals surface area contributed by atoms with Crippen LogP contribution in [0.25, 0.3) is 33.5 Å². The van der Waals surface area contributed by atoms with E-state index in [2.05, 4.69) is 30.1 Å². The topological polar surface area (TPSA) is 130 Å². The highest BCUT2D eigenvalue weighted by atomic mass is 35.5. The van der Waals surface area contributed by atoms with Crippen molar-refractivity contribution in [2.45, 2.75) is 6.92 Å². The first kappa shape index (κ1) is 15.9. The lowest BCUT2D eigenvalue weighted by Crippen LogP contribution is -2.04. The Balaban J connectivity index is 2.03. The predicted molar refractivity (Wildman–Crippen MR) is 97.0 cm³/mol. The van der Waals surface area contributed by atoms with E-state index in [1.807, 2.05) is 12.1 Å². The summed E-state index contributed by atoms with van der Waals surface area (Å²) in [5.41, 5.74) is 8.78. The lowest BCUT2D eigenvalue weighted by Gasteiger charge is -2.11. The second-order valence-electron chi connectivity index (χ2n) is 5.55. The number of aryl methyl sites for hydroxylation is 1. The summed E-state index contributed by atoms with van der Waals surface area (Å²) in [5.74, 6) is 0.625. The number of nitriles is 1. The van der Waals surface area contributed by atoms with Crippen LogP contribution in [-0.4, -0.2) is 30.1 Å². The van der Waals surface area contributed by atoms with Crippen LogP contribution in [0.5, 0.6) is 0 Å². The van der Waals surface area contributed by atoms with Gasteiger partial charge in [0.1, 0.15) is 17.6 Å². The minimum absolute atomic E-state index is 0.0398. The molecule has 1 aromatic carbocycles. The van der Waals surface area contributed by atoms with Gasteiger partial charge in [0, 0.05) is 17.1 Å². The van der Waals surface area contributed by atoms with E-state index in [-0.39, 0.29) is 11.5 Å². The summed E-state index contributed by atoms with van der Waals surface area (Å²) < 4.78 is 0. The molecule has 8 nitrogen and oxygen atoms in total. The third kappa shape index (κ3) is 2.60. The van der Waals surface area contributed by atoms with Gasteiger partial charge in [-0.05, 0) is 25.1 Å². The molecule has 0 saturated carbocycles. The van der Waals surface area contributed by atoms with Crippen LogP contribution in [0.2, 0.25) is 5.02 Å². The molecule has 3 heterocycles. The molecule has 0 unspecified atom stereocenters. The molecular formula is C17H11ClN8. The number of nitrogens with two attached hydrogens (primary N) is 1. The maximum Gasteiger partial charge on any atom is 0.183 e. The van der Waals surface area contributed by atoms with Crippen molar-refractivity contribution < 1.29 is 0 Å². The Bertz CT molecular complexity index is 1190. The maximum atomic E-state index is 9.29. The Labute approximate surface area is 152 Å². The summed E-state index contributed by atoms with van der Waals surface area (Å²) in [6.07, 6.45) is 3.29. The fourth-order valence-electron chi connectivity index (χ4n) is 2.65. The van der Waals surface area contributed by atoms with Crippen molar-refractivity contribution in [3.63, 3.8) is 0 Å². The molecule has 0 radical (unpaired) electrons. The van der Waals surface area contributed by atoms with E-state index < -0.39 is 0 Å². The van der Waals surface area contributed by atoms with Gasteiger partial charge in [0.2, 0.25) is 0 Å². The Morgan fingerprint density at radius 3 is 2.81 bits per heavy atom. The molecule has 4 aromatic rings. The Morgan fingerprint density at radius 2 is 2.04 bits per heavy atom. The third-order valence-electron chi connectivity index (χ3n) is 3.82. The van der Waals surface area contributed by atoms with Crippen molar-refractivity contribution in [2.24, 2.45) is 0 Å². The number of halogens is 1. The molecule has 4 rings (SSSR count). The van der Waals surface area contributed by atoms with Crippen LogP contribution < -0.4 is 5.73 Å². The highest BCUT2D eigenvalue weighted by Crippen LogP contribution is 2.34. The summed E-state index contributed by atoms with van der Waals surface area (Å²) in [7, 11) is 0. The Hall–Kier alpha value is -3.57. The minimum Gasteiger partial charge on any atom is -0.381 e. The van der Waals surface area contributed by atoms with E-state index in [9.17, 15) is 5.26 Å². The van der Waals surface area contributed by atoms with E-state index in [4.69, 9.17) is 17.3 Å². The number of rotatable bonds is 2. The van der Waals surface area contributed by atoms with Crippen LogP contribution in [0.15, 0.2) is 30.6 Å². The van der Waals surface area contributed by atoms with Gasteiger partial charge in [-0.1, -0.05) is 11.6 Å². The van der Waals surface area contributed by atoms with Crippen LogP contribution in [0.4, 0.5) is 5.82 Å². The van der Waals surface area contributed by atoms with Crippen molar-refractivity contribution in [3.05, 3.63) is 47.1 Å². The van der Waals surface area contributed by atoms with E-state index in [0.29, 0.717) is 33.5 Å². The van der Waals surface area contributed by atoms with Crippen molar-refractivity contribution in [1.29, 1.82) is 5.26 Å². The van der Waals surface area contributed by atoms with E-state index in [1.54, 1.807) is 31.5 Å². The minimum atomic E-state index is 0.0398. The Kier molecular flexibility index (Phi) is 3.71. The molecule has 0 aliphatic carbocycles. The fraction of sp³-hybridized carbons (Fsp3) is 0.0588. The standard InChI is InChI=1S/C17H11ClN8/c1-8-21-3-2-12(23-8)16-15(24-13(6-19)17(20)25-16)9-4-10-7-22-26-14(10)11(18)5-9/h2-5,7H,1H3,(H2,20,25)(H,22,26). The van der Waals surface area contributed by atoms with Gasteiger partial charge in [-0.2, -0.15) is 10.4 Å². The fourth-order valence-corrected chi connectivity index (χ4v) is 2.92. The monoisotopic (exact) mass is 362 g/mol. The molecule has 0 amide bonds. The van der Waals surface area contributed by atoms with Crippen LogP contribution in [0.3, 0.4) is 0 Å². The van der Waals surface area contributed by atoms with Gasteiger partial charge in [-0.15, -0.1) is 0 Å². The molecule has 3 aromatic heterocycles. The van der Waals surface area contributed by atoms with Gasteiger partial charge in [0.25, 0.3) is 0 Å². The van der Waals surface area contributed by atoms with E-state index >= 15 is 0 Å². The molecule has 0 aliphatic heterocycles. The summed E-state index contributed by atoms with van der Waals surface area (Å²) >= 11 is 6.35. The molecule has 26 heavy (non-hydrogen) atoms. The van der Waals surface area contributed by atoms with Gasteiger partial charge < -0.3 is 5.73 Å². The van der Waals surface area contributed by atoms with Crippen LogP contribution >= 0.6 is 11.6 Å². The first-order valence-corrected chi connectivity index (χ1v) is 7.95. The number of benzene rings is 1. The number of hydrogen-bond donors (Lipinski definition) is 2. The number of fused-ring (bicyclic) bond motifs is 1. The normalized spacial score (nSPS) is 10.8. The number of anilines is 1. The third-order valence-corrected chi connectivity index (χ3v) is 4.12. The van der Waals surface area contributed by atoms with E-state index in [1.165, 1.54) is 0 Å². The first-order valence-electron chi connectivity index (χ1n) is 7.57. The summed E-state index contributed by atoms with van der Waals surface area (Å²) in [6.45, 7) is 1.78. The van der Waals surface area contributed by atoms with Crippen molar-refractivity contribution in [1.82, 2.24) is 30.1 Å². The number of nitrogen functional groups attached to an aromatic ring is 1. The number of aromatic nitrogens is 6. The van der Waals surface area contributed by atoms with Gasteiger partial charge in [-0.25, -0.2) is 19.9 Å². The molecular weight excluding hydrogens is 352 g/mol. The molecule has 0 aliphatic rings. The highest BCUT2D eigenvalue weighted by molar-refractivity contribution is 6.35. The molecule has 0 saturated heterocycles. The SMILES string of the molecule is Cc1nccc(-c2nc(N)c(C#N)nc2-c2cc(Cl)c3[nH]ncc3c2)n1. The lowest BCUT2D eigenvalue weighted by molar-refractivity contribution is 1.05. The molecule has 0 fully saturated rings. The van der Waals surface area contributed by atoms with Gasteiger partial charge >= 0.3 is 0 Å². The second kappa shape index (κ2) is 6.06. The molecule has 3 N–H and O–H groups in total. The van der Waals surface area contributed by atoms with Gasteiger partial charge in [0.05, 0.1) is 28.1 Å². The van der Waals surface area contributed by atoms with E-state index in [0.717, 1.165) is 10.9 Å². The average molecular weight is 363 g/mol. The number of nitrogens with zero attached hydrogens (tertiary/aromatic N) is 6. The largest absolute Gasteiger partial charge is 0.381 e. The van der Waals surface area contributed by atoms with Crippen LogP contribution in [0, 0.1) is 18.3 Å². The maximum absolute atomic E-state index is 9.29. The van der Waals surface area contributed by atoms with Gasteiger partial charge in [0.15, 0.2) is 11.5 Å². The summed E-state index contributed by atoms with van der Waals surface area (Å²) in [5, 5.41) is 17.4. The lowest BCUT2D eigenvalue weighted by atomic mass is 10.1. The van der Waals surface area contributed by atoms with Crippen LogP contribution in [0.1, 0.15) is 11.5 Å². The molecule has 126 valence electrons. The molecule has 0 atom stereocenters. The highest BCUT2D eigenvalue weighted by Gasteiger charge is 2.18. The molecule has 0 bridgehead atoms. The first-order chi connectivity index (χ1) is 12.6. The quantitative estimate of drug-likeness (QED) is 0.560. The van der Waals surface area contributed by atoms with Crippen LogP contribution in [-0.2, 0) is 0 Å². The summed E-state index contributed by atoms with van der Waals surface area (Å²) in [6, 6.07) is 7.27.